The molecule has 0 saturated carbocycles. The van der Waals surface area contributed by atoms with Crippen LogP contribution in [-0.4, -0.2) is 17.3 Å². The van der Waals surface area contributed by atoms with Crippen molar-refractivity contribution in [3.05, 3.63) is 83.4 Å². The molecule has 0 amide bonds. The normalized spacial score (nSPS) is 10.8. The largest absolute Gasteiger partial charge is 0.378 e. The average molecular weight is 379 g/mol. The van der Waals surface area contributed by atoms with Crippen LogP contribution in [0.2, 0.25) is 5.02 Å². The van der Waals surface area contributed by atoms with Gasteiger partial charge in [0.15, 0.2) is 5.78 Å². The molecule has 128 valence electrons. The Balaban J connectivity index is 1.50. The average Bonchev–Trinajstić information content (AvgIpc) is 3.11. The summed E-state index contributed by atoms with van der Waals surface area (Å²) in [5.74, 6) is 0.0204. The molecule has 0 aliphatic rings. The van der Waals surface area contributed by atoms with Gasteiger partial charge in [0.25, 0.3) is 0 Å². The molecule has 4 rings (SSSR count). The number of hydrogen-bond donors (Lipinski definition) is 1. The molecule has 0 atom stereocenters. The number of para-hydroxylation sites is 1. The van der Waals surface area contributed by atoms with Crippen molar-refractivity contribution in [3.63, 3.8) is 0 Å². The Labute approximate surface area is 160 Å². The van der Waals surface area contributed by atoms with Crippen molar-refractivity contribution >= 4 is 44.6 Å². The van der Waals surface area contributed by atoms with Crippen LogP contribution in [0, 0.1) is 0 Å². The van der Waals surface area contributed by atoms with Crippen molar-refractivity contribution in [1.82, 2.24) is 4.98 Å². The number of halogens is 1. The highest BCUT2D eigenvalue weighted by molar-refractivity contribution is 7.21. The molecule has 3 aromatic carbocycles. The molecule has 0 unspecified atom stereocenters. The number of hydrogen-bond acceptors (Lipinski definition) is 4. The second-order valence-electron chi connectivity index (χ2n) is 5.85. The SMILES string of the molecule is O=C(CNc1cccc(-c2nc3ccccc3s2)c1)c1ccc(Cl)cc1. The number of nitrogens with one attached hydrogen (secondary N) is 1. The van der Waals surface area contributed by atoms with Crippen LogP contribution in [0.5, 0.6) is 0 Å². The van der Waals surface area contributed by atoms with E-state index in [-0.39, 0.29) is 12.3 Å². The van der Waals surface area contributed by atoms with Gasteiger partial charge in [0.1, 0.15) is 5.01 Å². The maximum atomic E-state index is 12.3. The van der Waals surface area contributed by atoms with Crippen LogP contribution < -0.4 is 5.32 Å². The maximum absolute atomic E-state index is 12.3. The maximum Gasteiger partial charge on any atom is 0.181 e. The summed E-state index contributed by atoms with van der Waals surface area (Å²) in [4.78, 5) is 17.0. The molecular weight excluding hydrogens is 364 g/mol. The Morgan fingerprint density at radius 1 is 1.00 bits per heavy atom. The molecule has 5 heteroatoms. The van der Waals surface area contributed by atoms with Crippen LogP contribution in [0.15, 0.2) is 72.8 Å². The van der Waals surface area contributed by atoms with Gasteiger partial charge >= 0.3 is 0 Å². The third kappa shape index (κ3) is 3.62. The summed E-state index contributed by atoms with van der Waals surface area (Å²) >= 11 is 7.53. The van der Waals surface area contributed by atoms with E-state index in [0.717, 1.165) is 21.8 Å². The summed E-state index contributed by atoms with van der Waals surface area (Å²) in [6, 6.07) is 23.0. The van der Waals surface area contributed by atoms with Gasteiger partial charge in [-0.2, -0.15) is 0 Å². The van der Waals surface area contributed by atoms with Crippen LogP contribution in [0.3, 0.4) is 0 Å². The van der Waals surface area contributed by atoms with E-state index in [2.05, 4.69) is 16.4 Å². The number of nitrogens with zero attached hydrogens (tertiary/aromatic N) is 1. The van der Waals surface area contributed by atoms with E-state index in [1.165, 1.54) is 4.70 Å². The van der Waals surface area contributed by atoms with E-state index in [1.807, 2.05) is 42.5 Å². The van der Waals surface area contributed by atoms with Crippen molar-refractivity contribution in [2.45, 2.75) is 0 Å². The Kier molecular flexibility index (Phi) is 4.69. The fourth-order valence-corrected chi connectivity index (χ4v) is 3.77. The summed E-state index contributed by atoms with van der Waals surface area (Å²) in [6.07, 6.45) is 0. The standard InChI is InChI=1S/C21H15ClN2OS/c22-16-10-8-14(9-11-16)19(25)13-23-17-5-3-4-15(12-17)21-24-18-6-1-2-7-20(18)26-21/h1-12,23H,13H2. The minimum atomic E-state index is 0.0204. The Morgan fingerprint density at radius 2 is 1.81 bits per heavy atom. The van der Waals surface area contributed by atoms with Crippen molar-refractivity contribution in [2.75, 3.05) is 11.9 Å². The lowest BCUT2D eigenvalue weighted by atomic mass is 10.1. The predicted molar refractivity (Wildman–Crippen MR) is 109 cm³/mol. The van der Waals surface area contributed by atoms with E-state index in [1.54, 1.807) is 35.6 Å². The number of thiazole rings is 1. The highest BCUT2D eigenvalue weighted by Crippen LogP contribution is 2.31. The van der Waals surface area contributed by atoms with E-state index < -0.39 is 0 Å². The fourth-order valence-electron chi connectivity index (χ4n) is 2.68. The van der Waals surface area contributed by atoms with Gasteiger partial charge in [-0.15, -0.1) is 11.3 Å². The van der Waals surface area contributed by atoms with Gasteiger partial charge in [0.05, 0.1) is 16.8 Å². The van der Waals surface area contributed by atoms with Crippen LogP contribution in [0.1, 0.15) is 10.4 Å². The first kappa shape index (κ1) is 16.8. The zero-order chi connectivity index (χ0) is 17.9. The van der Waals surface area contributed by atoms with Crippen LogP contribution in [0.25, 0.3) is 20.8 Å². The first-order valence-corrected chi connectivity index (χ1v) is 9.37. The van der Waals surface area contributed by atoms with Crippen molar-refractivity contribution in [3.8, 4) is 10.6 Å². The molecule has 4 aromatic rings. The van der Waals surface area contributed by atoms with Crippen molar-refractivity contribution < 1.29 is 4.79 Å². The topological polar surface area (TPSA) is 42.0 Å². The molecule has 0 spiro atoms. The number of carbonyl (C=O) groups is 1. The monoisotopic (exact) mass is 378 g/mol. The molecule has 0 saturated heterocycles. The first-order valence-electron chi connectivity index (χ1n) is 8.18. The molecule has 0 bridgehead atoms. The van der Waals surface area contributed by atoms with E-state index in [0.29, 0.717) is 10.6 Å². The van der Waals surface area contributed by atoms with Gasteiger partial charge in [-0.25, -0.2) is 4.98 Å². The fraction of sp³-hybridized carbons (Fsp3) is 0.0476. The number of rotatable bonds is 5. The second kappa shape index (κ2) is 7.28. The summed E-state index contributed by atoms with van der Waals surface area (Å²) in [5.41, 5.74) is 3.58. The van der Waals surface area contributed by atoms with Gasteiger partial charge in [-0.05, 0) is 48.5 Å². The molecule has 1 heterocycles. The van der Waals surface area contributed by atoms with E-state index in [4.69, 9.17) is 11.6 Å². The molecule has 0 aliphatic heterocycles. The van der Waals surface area contributed by atoms with Crippen molar-refractivity contribution in [1.29, 1.82) is 0 Å². The quantitative estimate of drug-likeness (QED) is 0.439. The third-order valence-corrected chi connectivity index (χ3v) is 5.36. The number of anilines is 1. The summed E-state index contributed by atoms with van der Waals surface area (Å²) in [5, 5.41) is 4.79. The van der Waals surface area contributed by atoms with Crippen LogP contribution in [-0.2, 0) is 0 Å². The Bertz CT molecular complexity index is 1040. The minimum Gasteiger partial charge on any atom is -0.378 e. The van der Waals surface area contributed by atoms with Crippen LogP contribution in [0.4, 0.5) is 5.69 Å². The van der Waals surface area contributed by atoms with Gasteiger partial charge in [-0.3, -0.25) is 4.79 Å². The predicted octanol–water partition coefficient (Wildman–Crippen LogP) is 5.91. The Hall–Kier alpha value is -2.69. The molecule has 1 aromatic heterocycles. The zero-order valence-electron chi connectivity index (χ0n) is 13.8. The number of carbonyl (C=O) groups excluding carboxylic acids is 1. The lowest BCUT2D eigenvalue weighted by Gasteiger charge is -2.07. The van der Waals surface area contributed by atoms with Gasteiger partial charge in [-0.1, -0.05) is 35.9 Å². The summed E-state index contributed by atoms with van der Waals surface area (Å²) in [7, 11) is 0. The van der Waals surface area contributed by atoms with Crippen molar-refractivity contribution in [2.24, 2.45) is 0 Å². The van der Waals surface area contributed by atoms with E-state index >= 15 is 0 Å². The lowest BCUT2D eigenvalue weighted by Crippen LogP contribution is -2.13. The molecule has 1 N–H and O–H groups in total. The minimum absolute atomic E-state index is 0.0204. The molecule has 0 aliphatic carbocycles. The lowest BCUT2D eigenvalue weighted by molar-refractivity contribution is 0.101. The van der Waals surface area contributed by atoms with Gasteiger partial charge in [0, 0.05) is 21.8 Å². The molecule has 3 nitrogen and oxygen atoms in total. The molecule has 26 heavy (non-hydrogen) atoms. The number of ketones is 1. The van der Waals surface area contributed by atoms with Crippen LogP contribution >= 0.6 is 22.9 Å². The molecule has 0 fully saturated rings. The third-order valence-electron chi connectivity index (χ3n) is 4.02. The number of benzene rings is 3. The summed E-state index contributed by atoms with van der Waals surface area (Å²) in [6.45, 7) is 0.227. The molecule has 0 radical (unpaired) electrons. The smallest absolute Gasteiger partial charge is 0.181 e. The Morgan fingerprint density at radius 3 is 2.62 bits per heavy atom. The second-order valence-corrected chi connectivity index (χ2v) is 7.32. The van der Waals surface area contributed by atoms with E-state index in [9.17, 15) is 4.79 Å². The zero-order valence-corrected chi connectivity index (χ0v) is 15.3. The molecular formula is C21H15ClN2OS. The summed E-state index contributed by atoms with van der Waals surface area (Å²) < 4.78 is 1.17. The van der Waals surface area contributed by atoms with Gasteiger partial charge in [0.2, 0.25) is 0 Å². The first-order chi connectivity index (χ1) is 12.7. The highest BCUT2D eigenvalue weighted by atomic mass is 35.5. The number of Topliss-reactive ketones (excluding diaryl/α,β-unsaturated/α-hetero) is 1. The van der Waals surface area contributed by atoms with Gasteiger partial charge < -0.3 is 5.32 Å². The number of fused-ring (bicyclic) bond motifs is 1. The number of aromatic nitrogens is 1. The highest BCUT2D eigenvalue weighted by Gasteiger charge is 2.08.